The summed E-state index contributed by atoms with van der Waals surface area (Å²) in [5.74, 6) is 1.80. The number of carbonyl (C=O) groups excluding carboxylic acids is 1. The third kappa shape index (κ3) is 4.61. The molecule has 1 aromatic heterocycles. The van der Waals surface area contributed by atoms with Crippen LogP contribution >= 0.6 is 11.3 Å². The number of carbonyl (C=O) groups is 1. The first-order valence-electron chi connectivity index (χ1n) is 8.68. The molecular formula is C21H22N2O4S. The standard InChI is InChI=1S/C21H22N2O4S/c1-13-5-6-14(2)18(9-13)27-11-20(24)23-21-22-17(12-28-21)16-8-7-15(25-3)10-19(16)26-4/h5-10,12H,11H2,1-4H3,(H,22,23,24). The number of aromatic nitrogens is 1. The van der Waals surface area contributed by atoms with Crippen LogP contribution in [-0.2, 0) is 4.79 Å². The van der Waals surface area contributed by atoms with Crippen molar-refractivity contribution >= 4 is 22.4 Å². The van der Waals surface area contributed by atoms with E-state index < -0.39 is 0 Å². The van der Waals surface area contributed by atoms with Gasteiger partial charge in [0.1, 0.15) is 17.2 Å². The molecule has 0 atom stereocenters. The predicted octanol–water partition coefficient (Wildman–Crippen LogP) is 4.46. The van der Waals surface area contributed by atoms with E-state index in [0.29, 0.717) is 22.4 Å². The van der Waals surface area contributed by atoms with Crippen molar-refractivity contribution in [1.82, 2.24) is 4.98 Å². The number of hydrogen-bond acceptors (Lipinski definition) is 6. The number of benzene rings is 2. The molecule has 0 aliphatic carbocycles. The van der Waals surface area contributed by atoms with Crippen molar-refractivity contribution in [2.45, 2.75) is 13.8 Å². The molecule has 0 fully saturated rings. The smallest absolute Gasteiger partial charge is 0.264 e. The Morgan fingerprint density at radius 1 is 1.07 bits per heavy atom. The molecule has 1 heterocycles. The Bertz CT molecular complexity index is 984. The van der Waals surface area contributed by atoms with Gasteiger partial charge in [0.2, 0.25) is 0 Å². The second-order valence-electron chi connectivity index (χ2n) is 6.21. The highest BCUT2D eigenvalue weighted by Gasteiger charge is 2.13. The predicted molar refractivity (Wildman–Crippen MR) is 111 cm³/mol. The summed E-state index contributed by atoms with van der Waals surface area (Å²) in [7, 11) is 3.20. The number of methoxy groups -OCH3 is 2. The minimum absolute atomic E-state index is 0.0783. The van der Waals surface area contributed by atoms with Gasteiger partial charge in [-0.15, -0.1) is 11.3 Å². The third-order valence-electron chi connectivity index (χ3n) is 4.14. The van der Waals surface area contributed by atoms with E-state index in [1.165, 1.54) is 11.3 Å². The Hall–Kier alpha value is -3.06. The monoisotopic (exact) mass is 398 g/mol. The average molecular weight is 398 g/mol. The van der Waals surface area contributed by atoms with Gasteiger partial charge < -0.3 is 14.2 Å². The van der Waals surface area contributed by atoms with Crippen LogP contribution in [0.25, 0.3) is 11.3 Å². The Kier molecular flexibility index (Phi) is 6.16. The SMILES string of the molecule is COc1ccc(-c2csc(NC(=O)COc3cc(C)ccc3C)n2)c(OC)c1. The van der Waals surface area contributed by atoms with Crippen LogP contribution in [0.2, 0.25) is 0 Å². The number of aryl methyl sites for hydroxylation is 2. The molecule has 0 aliphatic rings. The number of amides is 1. The minimum Gasteiger partial charge on any atom is -0.497 e. The van der Waals surface area contributed by atoms with E-state index in [4.69, 9.17) is 14.2 Å². The lowest BCUT2D eigenvalue weighted by Crippen LogP contribution is -2.20. The molecule has 0 saturated heterocycles. The van der Waals surface area contributed by atoms with Gasteiger partial charge >= 0.3 is 0 Å². The fraction of sp³-hybridized carbons (Fsp3) is 0.238. The van der Waals surface area contributed by atoms with Crippen LogP contribution in [0.4, 0.5) is 5.13 Å². The quantitative estimate of drug-likeness (QED) is 0.636. The third-order valence-corrected chi connectivity index (χ3v) is 4.90. The van der Waals surface area contributed by atoms with Crippen LogP contribution in [0, 0.1) is 13.8 Å². The molecule has 3 aromatic rings. The van der Waals surface area contributed by atoms with Gasteiger partial charge in [-0.2, -0.15) is 0 Å². The Labute approximate surface area is 168 Å². The van der Waals surface area contributed by atoms with Crippen molar-refractivity contribution in [2.75, 3.05) is 26.1 Å². The van der Waals surface area contributed by atoms with Crippen LogP contribution < -0.4 is 19.5 Å². The summed E-state index contributed by atoms with van der Waals surface area (Å²) in [4.78, 5) is 16.7. The molecule has 0 spiro atoms. The van der Waals surface area contributed by atoms with E-state index in [-0.39, 0.29) is 12.5 Å². The summed E-state index contributed by atoms with van der Waals surface area (Å²) < 4.78 is 16.3. The topological polar surface area (TPSA) is 69.7 Å². The van der Waals surface area contributed by atoms with Gasteiger partial charge in [-0.25, -0.2) is 4.98 Å². The van der Waals surface area contributed by atoms with Crippen LogP contribution in [0.1, 0.15) is 11.1 Å². The highest BCUT2D eigenvalue weighted by molar-refractivity contribution is 7.14. The minimum atomic E-state index is -0.261. The van der Waals surface area contributed by atoms with Crippen LogP contribution in [-0.4, -0.2) is 31.7 Å². The summed E-state index contributed by atoms with van der Waals surface area (Å²) in [5.41, 5.74) is 3.61. The molecule has 3 rings (SSSR count). The normalized spacial score (nSPS) is 10.4. The summed E-state index contributed by atoms with van der Waals surface area (Å²) >= 11 is 1.34. The van der Waals surface area contributed by atoms with E-state index >= 15 is 0 Å². The molecule has 146 valence electrons. The van der Waals surface area contributed by atoms with Crippen molar-refractivity contribution in [3.8, 4) is 28.5 Å². The first kappa shape index (κ1) is 19.7. The zero-order chi connectivity index (χ0) is 20.1. The Morgan fingerprint density at radius 3 is 2.64 bits per heavy atom. The Balaban J connectivity index is 1.66. The fourth-order valence-electron chi connectivity index (χ4n) is 2.63. The largest absolute Gasteiger partial charge is 0.497 e. The maximum absolute atomic E-state index is 12.2. The van der Waals surface area contributed by atoms with Gasteiger partial charge in [-0.1, -0.05) is 12.1 Å². The number of rotatable bonds is 7. The Morgan fingerprint density at radius 2 is 1.89 bits per heavy atom. The average Bonchev–Trinajstić information content (AvgIpc) is 3.16. The van der Waals surface area contributed by atoms with Gasteiger partial charge in [0.25, 0.3) is 5.91 Å². The van der Waals surface area contributed by atoms with Gasteiger partial charge in [-0.05, 0) is 43.2 Å². The zero-order valence-corrected chi connectivity index (χ0v) is 17.1. The summed E-state index contributed by atoms with van der Waals surface area (Å²) in [6, 6.07) is 11.4. The molecule has 0 radical (unpaired) electrons. The lowest BCUT2D eigenvalue weighted by molar-refractivity contribution is -0.118. The molecular weight excluding hydrogens is 376 g/mol. The van der Waals surface area contributed by atoms with Gasteiger partial charge in [0.15, 0.2) is 11.7 Å². The number of ether oxygens (including phenoxy) is 3. The van der Waals surface area contributed by atoms with Crippen molar-refractivity contribution in [3.05, 3.63) is 52.9 Å². The van der Waals surface area contributed by atoms with Gasteiger partial charge in [0.05, 0.1) is 19.9 Å². The van der Waals surface area contributed by atoms with Gasteiger partial charge in [0, 0.05) is 17.0 Å². The van der Waals surface area contributed by atoms with Crippen LogP contribution in [0.3, 0.4) is 0 Å². The first-order valence-corrected chi connectivity index (χ1v) is 9.56. The van der Waals surface area contributed by atoms with E-state index in [2.05, 4.69) is 10.3 Å². The van der Waals surface area contributed by atoms with Crippen molar-refractivity contribution in [1.29, 1.82) is 0 Å². The van der Waals surface area contributed by atoms with E-state index in [1.807, 2.05) is 49.6 Å². The maximum Gasteiger partial charge on any atom is 0.264 e. The van der Waals surface area contributed by atoms with Crippen molar-refractivity contribution in [2.24, 2.45) is 0 Å². The van der Waals surface area contributed by atoms with Crippen LogP contribution in [0.5, 0.6) is 17.2 Å². The number of nitrogens with one attached hydrogen (secondary N) is 1. The van der Waals surface area contributed by atoms with Crippen molar-refractivity contribution < 1.29 is 19.0 Å². The molecule has 1 amide bonds. The summed E-state index contributed by atoms with van der Waals surface area (Å²) in [6.45, 7) is 3.85. The lowest BCUT2D eigenvalue weighted by Gasteiger charge is -2.09. The van der Waals surface area contributed by atoms with E-state index in [0.717, 1.165) is 22.4 Å². The highest BCUT2D eigenvalue weighted by Crippen LogP contribution is 2.34. The fourth-order valence-corrected chi connectivity index (χ4v) is 3.35. The van der Waals surface area contributed by atoms with E-state index in [9.17, 15) is 4.79 Å². The summed E-state index contributed by atoms with van der Waals surface area (Å²) in [5, 5.41) is 5.14. The zero-order valence-electron chi connectivity index (χ0n) is 16.2. The second kappa shape index (κ2) is 8.75. The maximum atomic E-state index is 12.2. The molecule has 0 saturated carbocycles. The number of hydrogen-bond donors (Lipinski definition) is 1. The lowest BCUT2D eigenvalue weighted by atomic mass is 10.1. The molecule has 1 N–H and O–H groups in total. The molecule has 2 aromatic carbocycles. The number of nitrogens with zero attached hydrogens (tertiary/aromatic N) is 1. The summed E-state index contributed by atoms with van der Waals surface area (Å²) in [6.07, 6.45) is 0. The molecule has 28 heavy (non-hydrogen) atoms. The molecule has 0 aliphatic heterocycles. The molecule has 7 heteroatoms. The van der Waals surface area contributed by atoms with E-state index in [1.54, 1.807) is 20.3 Å². The molecule has 0 bridgehead atoms. The number of thiazole rings is 1. The number of anilines is 1. The van der Waals surface area contributed by atoms with Gasteiger partial charge in [-0.3, -0.25) is 10.1 Å². The molecule has 0 unspecified atom stereocenters. The van der Waals surface area contributed by atoms with Crippen LogP contribution in [0.15, 0.2) is 41.8 Å². The second-order valence-corrected chi connectivity index (χ2v) is 7.07. The highest BCUT2D eigenvalue weighted by atomic mass is 32.1. The molecule has 6 nitrogen and oxygen atoms in total. The first-order chi connectivity index (χ1) is 13.5. The van der Waals surface area contributed by atoms with Crippen molar-refractivity contribution in [3.63, 3.8) is 0 Å².